The van der Waals surface area contributed by atoms with Gasteiger partial charge in [-0.25, -0.2) is 0 Å². The molecule has 3 atom stereocenters. The summed E-state index contributed by atoms with van der Waals surface area (Å²) in [7, 11) is 0. The van der Waals surface area contributed by atoms with Gasteiger partial charge in [-0.15, -0.1) is 0 Å². The minimum Gasteiger partial charge on any atom is -0.481 e. The van der Waals surface area contributed by atoms with Crippen LogP contribution in [0.5, 0.6) is 0 Å². The second-order valence-electron chi connectivity index (χ2n) is 11.7. The lowest BCUT2D eigenvalue weighted by molar-refractivity contribution is -0.147. The minimum absolute atomic E-state index is 0.0129. The average molecular weight is 601 g/mol. The number of carboxylic acid groups (broad SMARTS) is 1. The first kappa shape index (κ1) is 28.9. The first-order valence-electron chi connectivity index (χ1n) is 13.2. The molecule has 0 aliphatic heterocycles. The molecule has 0 aromatic carbocycles. The largest absolute Gasteiger partial charge is 0.481 e. The van der Waals surface area contributed by atoms with Crippen molar-refractivity contribution in [3.63, 3.8) is 0 Å². The number of pyridine rings is 1. The Morgan fingerprint density at radius 1 is 1.05 bits per heavy atom. The third-order valence-electron chi connectivity index (χ3n) is 9.17. The SMILES string of the molecule is CC1(C)C2CC(N(CC(=O)c3c(Cl)cncc3Cl)C(=O)c3cnn(C4CCC(C(=O)O)CC4)c3C(F)(F)F)C[C@H]21. The van der Waals surface area contributed by atoms with Crippen LogP contribution in [0.15, 0.2) is 18.6 Å². The second kappa shape index (κ2) is 10.3. The summed E-state index contributed by atoms with van der Waals surface area (Å²) in [5.74, 6) is -2.50. The van der Waals surface area contributed by atoms with Crippen LogP contribution in [0.3, 0.4) is 0 Å². The molecule has 1 N–H and O–H groups in total. The topological polar surface area (TPSA) is 105 Å². The summed E-state index contributed by atoms with van der Waals surface area (Å²) in [6, 6.07) is -1.13. The molecule has 0 spiro atoms. The van der Waals surface area contributed by atoms with Gasteiger partial charge >= 0.3 is 12.1 Å². The van der Waals surface area contributed by atoms with Gasteiger partial charge in [-0.3, -0.25) is 24.0 Å². The number of ketones is 1. The van der Waals surface area contributed by atoms with E-state index in [2.05, 4.69) is 23.9 Å². The molecule has 1 amide bonds. The van der Waals surface area contributed by atoms with Crippen molar-refractivity contribution in [3.05, 3.63) is 45.5 Å². The van der Waals surface area contributed by atoms with E-state index in [-0.39, 0.29) is 46.7 Å². The van der Waals surface area contributed by atoms with E-state index in [1.165, 1.54) is 17.3 Å². The molecule has 40 heavy (non-hydrogen) atoms. The maximum absolute atomic E-state index is 14.5. The van der Waals surface area contributed by atoms with Crippen LogP contribution >= 0.6 is 23.2 Å². The van der Waals surface area contributed by atoms with E-state index in [1.54, 1.807) is 0 Å². The number of carbonyl (C=O) groups excluding carboxylic acids is 2. The van der Waals surface area contributed by atoms with Crippen molar-refractivity contribution >= 4 is 40.9 Å². The predicted molar refractivity (Wildman–Crippen MR) is 139 cm³/mol. The molecule has 13 heteroatoms. The van der Waals surface area contributed by atoms with Crippen molar-refractivity contribution in [1.29, 1.82) is 0 Å². The Bertz CT molecular complexity index is 1320. The standard InChI is InChI=1S/C27H29Cl2F3N4O4/c1-26(2)17-7-15(8-18(17)26)35(12-21(37)22-19(28)10-33-11-20(22)29)24(38)16-9-34-36(23(16)27(30,31)32)14-5-3-13(4-6-14)25(39)40/h9-11,13-15,17-18H,3-8,12H2,1-2H3,(H,39,40)/t13?,14?,15?,17-,18?/m1/s1. The Labute approximate surface area is 238 Å². The van der Waals surface area contributed by atoms with E-state index in [1.807, 2.05) is 0 Å². The number of aromatic nitrogens is 3. The Kier molecular flexibility index (Phi) is 7.44. The minimum atomic E-state index is -4.90. The zero-order chi connectivity index (χ0) is 29.1. The van der Waals surface area contributed by atoms with Gasteiger partial charge in [-0.05, 0) is 55.8 Å². The van der Waals surface area contributed by atoms with Gasteiger partial charge in [0.2, 0.25) is 0 Å². The predicted octanol–water partition coefficient (Wildman–Crippen LogP) is 6.18. The summed E-state index contributed by atoms with van der Waals surface area (Å²) in [5, 5.41) is 13.2. The summed E-state index contributed by atoms with van der Waals surface area (Å²) in [5.41, 5.74) is -1.77. The number of carboxylic acids is 1. The molecule has 0 saturated heterocycles. The number of fused-ring (bicyclic) bond motifs is 1. The molecule has 3 aliphatic carbocycles. The van der Waals surface area contributed by atoms with E-state index < -0.39 is 59.6 Å². The van der Waals surface area contributed by atoms with Gasteiger partial charge in [0.05, 0.1) is 45.9 Å². The van der Waals surface area contributed by atoms with E-state index >= 15 is 0 Å². The highest BCUT2D eigenvalue weighted by molar-refractivity contribution is 6.39. The fourth-order valence-corrected chi connectivity index (χ4v) is 7.38. The van der Waals surface area contributed by atoms with Crippen LogP contribution in [0.2, 0.25) is 10.0 Å². The molecule has 3 saturated carbocycles. The Hall–Kier alpha value is -2.66. The van der Waals surface area contributed by atoms with Crippen molar-refractivity contribution in [2.24, 2.45) is 23.2 Å². The summed E-state index contributed by atoms with van der Waals surface area (Å²) >= 11 is 12.3. The lowest BCUT2D eigenvalue weighted by atomic mass is 9.86. The molecule has 3 fully saturated rings. The number of Topliss-reactive ketones (excluding diaryl/α,β-unsaturated/α-hetero) is 1. The summed E-state index contributed by atoms with van der Waals surface area (Å²) < 4.78 is 44.2. The van der Waals surface area contributed by atoms with Crippen LogP contribution in [0.4, 0.5) is 13.2 Å². The number of rotatable bonds is 7. The van der Waals surface area contributed by atoms with Gasteiger partial charge in [0.1, 0.15) is 0 Å². The number of amides is 1. The molecule has 3 aliphatic rings. The van der Waals surface area contributed by atoms with Crippen LogP contribution in [-0.4, -0.2) is 55.0 Å². The van der Waals surface area contributed by atoms with Gasteiger partial charge in [0.25, 0.3) is 5.91 Å². The van der Waals surface area contributed by atoms with Crippen LogP contribution < -0.4 is 0 Å². The molecule has 5 rings (SSSR count). The maximum Gasteiger partial charge on any atom is 0.433 e. The van der Waals surface area contributed by atoms with Crippen molar-refractivity contribution in [2.75, 3.05) is 6.54 Å². The molecular weight excluding hydrogens is 572 g/mol. The zero-order valence-electron chi connectivity index (χ0n) is 21.9. The first-order valence-corrected chi connectivity index (χ1v) is 14.0. The number of nitrogens with zero attached hydrogens (tertiary/aromatic N) is 4. The third-order valence-corrected chi connectivity index (χ3v) is 9.75. The average Bonchev–Trinajstić information content (AvgIpc) is 3.31. The normalized spacial score (nSPS) is 27.2. The summed E-state index contributed by atoms with van der Waals surface area (Å²) in [4.78, 5) is 43.6. The lowest BCUT2D eigenvalue weighted by Crippen LogP contribution is -2.44. The zero-order valence-corrected chi connectivity index (χ0v) is 23.4. The number of aliphatic carboxylic acids is 1. The molecule has 2 unspecified atom stereocenters. The molecule has 216 valence electrons. The second-order valence-corrected chi connectivity index (χ2v) is 12.5. The van der Waals surface area contributed by atoms with Gasteiger partial charge < -0.3 is 10.0 Å². The van der Waals surface area contributed by atoms with Crippen molar-refractivity contribution < 1.29 is 32.7 Å². The van der Waals surface area contributed by atoms with Crippen LogP contribution in [0.25, 0.3) is 0 Å². The van der Waals surface area contributed by atoms with Crippen molar-refractivity contribution in [2.45, 2.75) is 70.6 Å². The highest BCUT2D eigenvalue weighted by Crippen LogP contribution is 2.67. The molecular formula is C27H29Cl2F3N4O4. The lowest BCUT2D eigenvalue weighted by Gasteiger charge is -2.32. The smallest absolute Gasteiger partial charge is 0.433 e. The maximum atomic E-state index is 14.5. The van der Waals surface area contributed by atoms with Gasteiger partial charge in [-0.2, -0.15) is 18.3 Å². The fraction of sp³-hybridized carbons (Fsp3) is 0.593. The van der Waals surface area contributed by atoms with Gasteiger partial charge in [0.15, 0.2) is 11.5 Å². The molecule has 2 heterocycles. The highest BCUT2D eigenvalue weighted by atomic mass is 35.5. The van der Waals surface area contributed by atoms with Crippen molar-refractivity contribution in [1.82, 2.24) is 19.7 Å². The fourth-order valence-electron chi connectivity index (χ4n) is 6.81. The molecule has 8 nitrogen and oxygen atoms in total. The number of hydrogen-bond acceptors (Lipinski definition) is 5. The number of carbonyl (C=O) groups is 3. The summed E-state index contributed by atoms with van der Waals surface area (Å²) in [6.07, 6.45) is 0.457. The molecule has 2 aromatic rings. The number of hydrogen-bond donors (Lipinski definition) is 1. The van der Waals surface area contributed by atoms with E-state index in [4.69, 9.17) is 23.2 Å². The summed E-state index contributed by atoms with van der Waals surface area (Å²) in [6.45, 7) is 3.74. The van der Waals surface area contributed by atoms with Crippen LogP contribution in [0, 0.1) is 23.2 Å². The molecule has 2 aromatic heterocycles. The molecule has 0 radical (unpaired) electrons. The Balaban J connectivity index is 1.47. The van der Waals surface area contributed by atoms with Crippen molar-refractivity contribution in [3.8, 4) is 0 Å². The quantitative estimate of drug-likeness (QED) is 0.380. The Morgan fingerprint density at radius 3 is 2.15 bits per heavy atom. The van der Waals surface area contributed by atoms with E-state index in [9.17, 15) is 32.7 Å². The monoisotopic (exact) mass is 600 g/mol. The van der Waals surface area contributed by atoms with E-state index in [0.29, 0.717) is 24.7 Å². The third kappa shape index (κ3) is 5.11. The van der Waals surface area contributed by atoms with E-state index in [0.717, 1.165) is 10.9 Å². The Morgan fingerprint density at radius 2 is 1.62 bits per heavy atom. The highest BCUT2D eigenvalue weighted by Gasteiger charge is 2.63. The molecule has 0 bridgehead atoms. The van der Waals surface area contributed by atoms with Gasteiger partial charge in [-0.1, -0.05) is 37.0 Å². The van der Waals surface area contributed by atoms with Crippen LogP contribution in [0.1, 0.15) is 84.8 Å². The van der Waals surface area contributed by atoms with Gasteiger partial charge in [0, 0.05) is 18.4 Å². The first-order chi connectivity index (χ1) is 18.7. The van der Waals surface area contributed by atoms with Crippen LogP contribution in [-0.2, 0) is 11.0 Å². The number of alkyl halides is 3. The number of halogens is 5.